The maximum absolute atomic E-state index is 12.2. The van der Waals surface area contributed by atoms with Crippen molar-refractivity contribution in [3.8, 4) is 0 Å². The van der Waals surface area contributed by atoms with Gasteiger partial charge in [0.05, 0.1) is 4.90 Å². The van der Waals surface area contributed by atoms with Gasteiger partial charge in [-0.05, 0) is 51.7 Å². The van der Waals surface area contributed by atoms with E-state index in [1.807, 2.05) is 19.0 Å². The molecule has 1 aromatic rings. The van der Waals surface area contributed by atoms with E-state index < -0.39 is 10.0 Å². The molecule has 0 atom stereocenters. The van der Waals surface area contributed by atoms with Crippen LogP contribution < -0.4 is 10.5 Å². The molecule has 0 amide bonds. The molecule has 5 nitrogen and oxygen atoms in total. The molecule has 0 heterocycles. The number of anilines is 1. The summed E-state index contributed by atoms with van der Waals surface area (Å²) in [5, 5.41) is 0. The van der Waals surface area contributed by atoms with E-state index in [9.17, 15) is 8.42 Å². The third-order valence-electron chi connectivity index (χ3n) is 2.73. The Hall–Kier alpha value is -0.630. The van der Waals surface area contributed by atoms with Gasteiger partial charge in [0, 0.05) is 16.7 Å². The van der Waals surface area contributed by atoms with E-state index >= 15 is 0 Å². The van der Waals surface area contributed by atoms with Crippen LogP contribution in [0.1, 0.15) is 12.0 Å². The van der Waals surface area contributed by atoms with Crippen molar-refractivity contribution in [2.75, 3.05) is 32.9 Å². The third kappa shape index (κ3) is 4.76. The molecule has 0 unspecified atom stereocenters. The number of benzene rings is 1. The molecule has 0 aliphatic heterocycles. The summed E-state index contributed by atoms with van der Waals surface area (Å²) in [6.07, 6.45) is 0.759. The lowest BCUT2D eigenvalue weighted by atomic mass is 10.2. The molecule has 1 aromatic carbocycles. The first-order chi connectivity index (χ1) is 8.74. The Balaban J connectivity index is 2.83. The maximum atomic E-state index is 12.2. The SMILES string of the molecule is Cc1c(N)cc(Br)cc1S(=O)(=O)NCCCN(C)C. The molecule has 19 heavy (non-hydrogen) atoms. The summed E-state index contributed by atoms with van der Waals surface area (Å²) >= 11 is 3.26. The topological polar surface area (TPSA) is 75.4 Å². The van der Waals surface area contributed by atoms with Crippen molar-refractivity contribution >= 4 is 31.6 Å². The van der Waals surface area contributed by atoms with E-state index in [1.54, 1.807) is 19.1 Å². The summed E-state index contributed by atoms with van der Waals surface area (Å²) in [6.45, 7) is 2.95. The summed E-state index contributed by atoms with van der Waals surface area (Å²) in [5.41, 5.74) is 6.82. The highest BCUT2D eigenvalue weighted by Gasteiger charge is 2.18. The molecular formula is C12H20BrN3O2S. The van der Waals surface area contributed by atoms with Gasteiger partial charge in [-0.2, -0.15) is 0 Å². The second kappa shape index (κ2) is 6.69. The average Bonchev–Trinajstić information content (AvgIpc) is 2.29. The molecule has 108 valence electrons. The molecule has 0 spiro atoms. The number of nitrogens with two attached hydrogens (primary N) is 1. The first kappa shape index (κ1) is 16.4. The number of sulfonamides is 1. The average molecular weight is 350 g/mol. The normalized spacial score (nSPS) is 12.1. The van der Waals surface area contributed by atoms with Crippen molar-refractivity contribution in [2.24, 2.45) is 0 Å². The molecule has 0 bridgehead atoms. The van der Waals surface area contributed by atoms with Gasteiger partial charge < -0.3 is 10.6 Å². The fraction of sp³-hybridized carbons (Fsp3) is 0.500. The molecule has 0 aromatic heterocycles. The summed E-state index contributed by atoms with van der Waals surface area (Å²) in [7, 11) is 0.392. The van der Waals surface area contributed by atoms with E-state index in [-0.39, 0.29) is 4.90 Å². The molecule has 0 saturated heterocycles. The van der Waals surface area contributed by atoms with Crippen LogP contribution in [0.25, 0.3) is 0 Å². The van der Waals surface area contributed by atoms with Crippen molar-refractivity contribution in [3.63, 3.8) is 0 Å². The van der Waals surface area contributed by atoms with Crippen LogP contribution in [0.15, 0.2) is 21.5 Å². The van der Waals surface area contributed by atoms with Crippen molar-refractivity contribution < 1.29 is 8.42 Å². The van der Waals surface area contributed by atoms with E-state index in [0.29, 0.717) is 22.3 Å². The van der Waals surface area contributed by atoms with E-state index in [0.717, 1.165) is 13.0 Å². The van der Waals surface area contributed by atoms with E-state index in [1.165, 1.54) is 0 Å². The van der Waals surface area contributed by atoms with Crippen LogP contribution >= 0.6 is 15.9 Å². The Kier molecular flexibility index (Phi) is 5.79. The lowest BCUT2D eigenvalue weighted by molar-refractivity contribution is 0.400. The van der Waals surface area contributed by atoms with Crippen LogP contribution in [-0.4, -0.2) is 40.5 Å². The zero-order valence-electron chi connectivity index (χ0n) is 11.4. The van der Waals surface area contributed by atoms with Crippen LogP contribution in [0.5, 0.6) is 0 Å². The number of hydrogen-bond acceptors (Lipinski definition) is 4. The Labute approximate surface area is 123 Å². The summed E-state index contributed by atoms with van der Waals surface area (Å²) in [4.78, 5) is 2.24. The minimum atomic E-state index is -3.51. The van der Waals surface area contributed by atoms with Crippen LogP contribution in [-0.2, 0) is 10.0 Å². The molecule has 1 rings (SSSR count). The lowest BCUT2D eigenvalue weighted by Gasteiger charge is -2.13. The number of nitrogens with zero attached hydrogens (tertiary/aromatic N) is 1. The van der Waals surface area contributed by atoms with Crippen molar-refractivity contribution in [3.05, 3.63) is 22.2 Å². The summed E-state index contributed by atoms with van der Waals surface area (Å²) < 4.78 is 27.7. The maximum Gasteiger partial charge on any atom is 0.240 e. The molecule has 7 heteroatoms. The highest BCUT2D eigenvalue weighted by atomic mass is 79.9. The van der Waals surface area contributed by atoms with Gasteiger partial charge in [-0.1, -0.05) is 15.9 Å². The van der Waals surface area contributed by atoms with E-state index in [4.69, 9.17) is 5.73 Å². The largest absolute Gasteiger partial charge is 0.398 e. The van der Waals surface area contributed by atoms with Crippen molar-refractivity contribution in [2.45, 2.75) is 18.2 Å². The zero-order chi connectivity index (χ0) is 14.6. The highest BCUT2D eigenvalue weighted by molar-refractivity contribution is 9.10. The van der Waals surface area contributed by atoms with Crippen LogP contribution in [0.2, 0.25) is 0 Å². The number of halogens is 1. The molecule has 0 saturated carbocycles. The lowest BCUT2D eigenvalue weighted by Crippen LogP contribution is -2.28. The first-order valence-corrected chi connectivity index (χ1v) is 8.21. The predicted molar refractivity (Wildman–Crippen MR) is 81.7 cm³/mol. The second-order valence-corrected chi connectivity index (χ2v) is 7.32. The third-order valence-corrected chi connectivity index (χ3v) is 4.77. The minimum Gasteiger partial charge on any atom is -0.398 e. The van der Waals surface area contributed by atoms with Gasteiger partial charge in [-0.15, -0.1) is 0 Å². The molecule has 0 radical (unpaired) electrons. The summed E-state index contributed by atoms with van der Waals surface area (Å²) in [6, 6.07) is 3.26. The zero-order valence-corrected chi connectivity index (χ0v) is 13.8. The predicted octanol–water partition coefficient (Wildman–Crippen LogP) is 1.57. The van der Waals surface area contributed by atoms with Crippen LogP contribution in [0.4, 0.5) is 5.69 Å². The second-order valence-electron chi connectivity index (χ2n) is 4.67. The Morgan fingerprint density at radius 1 is 1.37 bits per heavy atom. The fourth-order valence-electron chi connectivity index (χ4n) is 1.63. The fourth-order valence-corrected chi connectivity index (χ4v) is 3.63. The molecular weight excluding hydrogens is 330 g/mol. The number of rotatable bonds is 6. The van der Waals surface area contributed by atoms with Gasteiger partial charge in [-0.25, -0.2) is 13.1 Å². The Bertz CT molecular complexity index is 544. The number of nitrogens with one attached hydrogen (secondary N) is 1. The quantitative estimate of drug-likeness (QED) is 0.603. The van der Waals surface area contributed by atoms with E-state index in [2.05, 4.69) is 20.7 Å². The van der Waals surface area contributed by atoms with Gasteiger partial charge in [0.1, 0.15) is 0 Å². The van der Waals surface area contributed by atoms with Gasteiger partial charge in [0.25, 0.3) is 0 Å². The molecule has 0 fully saturated rings. The van der Waals surface area contributed by atoms with Crippen LogP contribution in [0.3, 0.4) is 0 Å². The highest BCUT2D eigenvalue weighted by Crippen LogP contribution is 2.26. The van der Waals surface area contributed by atoms with Gasteiger partial charge in [0.15, 0.2) is 0 Å². The Morgan fingerprint density at radius 2 is 2.00 bits per heavy atom. The Morgan fingerprint density at radius 3 is 2.58 bits per heavy atom. The first-order valence-electron chi connectivity index (χ1n) is 5.94. The van der Waals surface area contributed by atoms with Crippen molar-refractivity contribution in [1.29, 1.82) is 0 Å². The standard InChI is InChI=1S/C12H20BrN3O2S/c1-9-11(14)7-10(13)8-12(9)19(17,18)15-5-4-6-16(2)3/h7-8,15H,4-6,14H2,1-3H3. The molecule has 3 N–H and O–H groups in total. The smallest absolute Gasteiger partial charge is 0.240 e. The molecule has 0 aliphatic rings. The molecule has 0 aliphatic carbocycles. The number of hydrogen-bond donors (Lipinski definition) is 2. The number of nitrogen functional groups attached to an aromatic ring is 1. The monoisotopic (exact) mass is 349 g/mol. The summed E-state index contributed by atoms with van der Waals surface area (Å²) in [5.74, 6) is 0. The van der Waals surface area contributed by atoms with Crippen LogP contribution in [0, 0.1) is 6.92 Å². The van der Waals surface area contributed by atoms with Gasteiger partial charge >= 0.3 is 0 Å². The van der Waals surface area contributed by atoms with Crippen molar-refractivity contribution in [1.82, 2.24) is 9.62 Å². The minimum absolute atomic E-state index is 0.226. The van der Waals surface area contributed by atoms with Gasteiger partial charge in [-0.3, -0.25) is 0 Å². The van der Waals surface area contributed by atoms with Gasteiger partial charge in [0.2, 0.25) is 10.0 Å².